The van der Waals surface area contributed by atoms with Crippen LogP contribution in [-0.2, 0) is 4.79 Å². The summed E-state index contributed by atoms with van der Waals surface area (Å²) in [5.41, 5.74) is 0.945. The standard InChI is InChI=1S/C13H15IN2O3/c1-8-11(3-2-4-13(8)17)15-12-6-5-9(16(18)19)7-10(12)14/h5-8,11,15H,2-4H2,1H3. The molecule has 0 radical (unpaired) electrons. The molecule has 5 nitrogen and oxygen atoms in total. The van der Waals surface area contributed by atoms with Crippen LogP contribution in [0, 0.1) is 19.6 Å². The number of carbonyl (C=O) groups is 1. The summed E-state index contributed by atoms with van der Waals surface area (Å²) in [5.74, 6) is 0.292. The number of ketones is 1. The molecule has 2 rings (SSSR count). The number of nitrogens with one attached hydrogen (secondary N) is 1. The zero-order valence-corrected chi connectivity index (χ0v) is 12.7. The highest BCUT2D eigenvalue weighted by atomic mass is 127. The van der Waals surface area contributed by atoms with Gasteiger partial charge in [0.05, 0.1) is 4.92 Å². The minimum absolute atomic E-state index is 0.000239. The number of nitro groups is 1. The smallest absolute Gasteiger partial charge is 0.270 e. The second-order valence-corrected chi connectivity index (χ2v) is 5.98. The number of anilines is 1. The molecule has 2 unspecified atom stereocenters. The molecule has 19 heavy (non-hydrogen) atoms. The number of nitro benzene ring substituents is 1. The van der Waals surface area contributed by atoms with Crippen molar-refractivity contribution in [3.05, 3.63) is 31.9 Å². The lowest BCUT2D eigenvalue weighted by atomic mass is 9.84. The van der Waals surface area contributed by atoms with E-state index in [2.05, 4.69) is 27.9 Å². The van der Waals surface area contributed by atoms with Crippen LogP contribution in [0.25, 0.3) is 0 Å². The molecule has 6 heteroatoms. The van der Waals surface area contributed by atoms with Crippen LogP contribution in [-0.4, -0.2) is 16.7 Å². The number of benzene rings is 1. The van der Waals surface area contributed by atoms with Gasteiger partial charge in [0.25, 0.3) is 5.69 Å². The molecule has 0 heterocycles. The number of rotatable bonds is 3. The summed E-state index contributed by atoms with van der Waals surface area (Å²) in [5, 5.41) is 14.0. The Bertz CT molecular complexity index is 519. The van der Waals surface area contributed by atoms with E-state index in [9.17, 15) is 14.9 Å². The minimum atomic E-state index is -0.404. The van der Waals surface area contributed by atoms with Gasteiger partial charge < -0.3 is 5.32 Å². The number of hydrogen-bond acceptors (Lipinski definition) is 4. The summed E-state index contributed by atoms with van der Waals surface area (Å²) in [7, 11) is 0. The average Bonchev–Trinajstić information content (AvgIpc) is 2.37. The van der Waals surface area contributed by atoms with Crippen molar-refractivity contribution in [1.29, 1.82) is 0 Å². The summed E-state index contributed by atoms with van der Waals surface area (Å²) < 4.78 is 0.803. The topological polar surface area (TPSA) is 72.2 Å². The molecule has 1 fully saturated rings. The van der Waals surface area contributed by atoms with Gasteiger partial charge in [0.15, 0.2) is 0 Å². The van der Waals surface area contributed by atoms with Gasteiger partial charge in [-0.05, 0) is 41.5 Å². The van der Waals surface area contributed by atoms with Gasteiger partial charge >= 0.3 is 0 Å². The van der Waals surface area contributed by atoms with Gasteiger partial charge in [-0.1, -0.05) is 6.92 Å². The minimum Gasteiger partial charge on any atom is -0.381 e. The lowest BCUT2D eigenvalue weighted by molar-refractivity contribution is -0.384. The third-order valence-electron chi connectivity index (χ3n) is 3.55. The fourth-order valence-electron chi connectivity index (χ4n) is 2.33. The van der Waals surface area contributed by atoms with Crippen LogP contribution < -0.4 is 5.32 Å². The molecule has 1 aromatic rings. The van der Waals surface area contributed by atoms with Gasteiger partial charge in [0, 0.05) is 39.8 Å². The van der Waals surface area contributed by atoms with E-state index in [1.165, 1.54) is 12.1 Å². The number of halogens is 1. The van der Waals surface area contributed by atoms with Crippen LogP contribution in [0.4, 0.5) is 11.4 Å². The van der Waals surface area contributed by atoms with Gasteiger partial charge in [0.1, 0.15) is 5.78 Å². The molecule has 0 spiro atoms. The Hall–Kier alpha value is -1.18. The number of non-ortho nitro benzene ring substituents is 1. The number of hydrogen-bond donors (Lipinski definition) is 1. The maximum Gasteiger partial charge on any atom is 0.270 e. The summed E-state index contributed by atoms with van der Waals surface area (Å²) in [6, 6.07) is 4.86. The molecular weight excluding hydrogens is 359 g/mol. The summed E-state index contributed by atoms with van der Waals surface area (Å²) in [6.45, 7) is 1.94. The van der Waals surface area contributed by atoms with Gasteiger partial charge in [-0.15, -0.1) is 0 Å². The molecule has 1 aliphatic rings. The monoisotopic (exact) mass is 374 g/mol. The first-order valence-corrected chi connectivity index (χ1v) is 7.30. The fourth-order valence-corrected chi connectivity index (χ4v) is 2.98. The lowest BCUT2D eigenvalue weighted by Gasteiger charge is -2.29. The maximum atomic E-state index is 11.7. The van der Waals surface area contributed by atoms with Gasteiger partial charge in [0.2, 0.25) is 0 Å². The molecule has 102 valence electrons. The normalized spacial score (nSPS) is 23.2. The highest BCUT2D eigenvalue weighted by Crippen LogP contribution is 2.28. The van der Waals surface area contributed by atoms with E-state index in [1.807, 2.05) is 6.92 Å². The van der Waals surface area contributed by atoms with Crippen molar-refractivity contribution in [1.82, 2.24) is 0 Å². The zero-order chi connectivity index (χ0) is 14.0. The highest BCUT2D eigenvalue weighted by molar-refractivity contribution is 14.1. The molecule has 0 amide bonds. The Kier molecular flexibility index (Phi) is 4.38. The van der Waals surface area contributed by atoms with Crippen LogP contribution in [0.5, 0.6) is 0 Å². The summed E-state index contributed by atoms with van der Waals surface area (Å²) >= 11 is 2.08. The predicted octanol–water partition coefficient (Wildman–Crippen LogP) is 3.37. The van der Waals surface area contributed by atoms with Crippen molar-refractivity contribution < 1.29 is 9.72 Å². The number of Topliss-reactive ketones (excluding diaryl/α,β-unsaturated/α-hetero) is 1. The van der Waals surface area contributed by atoms with Gasteiger partial charge in [-0.25, -0.2) is 0 Å². The Balaban J connectivity index is 2.15. The van der Waals surface area contributed by atoms with E-state index in [4.69, 9.17) is 0 Å². The second kappa shape index (κ2) is 5.85. The van der Waals surface area contributed by atoms with E-state index in [0.29, 0.717) is 12.2 Å². The Morgan fingerprint density at radius 2 is 2.21 bits per heavy atom. The zero-order valence-electron chi connectivity index (χ0n) is 10.6. The maximum absolute atomic E-state index is 11.7. The molecular formula is C13H15IN2O3. The third-order valence-corrected chi connectivity index (χ3v) is 4.45. The first-order chi connectivity index (χ1) is 8.99. The molecule has 0 aliphatic heterocycles. The molecule has 0 bridgehead atoms. The van der Waals surface area contributed by atoms with Crippen LogP contribution in [0.2, 0.25) is 0 Å². The van der Waals surface area contributed by atoms with Crippen molar-refractivity contribution in [2.24, 2.45) is 5.92 Å². The largest absolute Gasteiger partial charge is 0.381 e. The molecule has 0 aromatic heterocycles. The van der Waals surface area contributed by atoms with E-state index >= 15 is 0 Å². The van der Waals surface area contributed by atoms with Crippen molar-refractivity contribution in [3.63, 3.8) is 0 Å². The summed E-state index contributed by atoms with van der Waals surface area (Å²) in [6.07, 6.45) is 2.53. The predicted molar refractivity (Wildman–Crippen MR) is 81.2 cm³/mol. The van der Waals surface area contributed by atoms with Gasteiger partial charge in [-0.2, -0.15) is 0 Å². The quantitative estimate of drug-likeness (QED) is 0.500. The van der Waals surface area contributed by atoms with Crippen LogP contribution in [0.15, 0.2) is 18.2 Å². The first-order valence-electron chi connectivity index (χ1n) is 6.22. The molecule has 0 saturated heterocycles. The number of nitrogens with zero attached hydrogens (tertiary/aromatic N) is 1. The lowest BCUT2D eigenvalue weighted by Crippen LogP contribution is -2.36. The molecule has 1 saturated carbocycles. The molecule has 1 aliphatic carbocycles. The molecule has 1 aromatic carbocycles. The van der Waals surface area contributed by atoms with Crippen molar-refractivity contribution in [2.75, 3.05) is 5.32 Å². The van der Waals surface area contributed by atoms with Crippen LogP contribution in [0.1, 0.15) is 26.2 Å². The van der Waals surface area contributed by atoms with Crippen LogP contribution in [0.3, 0.4) is 0 Å². The average molecular weight is 374 g/mol. The fraction of sp³-hybridized carbons (Fsp3) is 0.462. The first kappa shape index (κ1) is 14.2. The van der Waals surface area contributed by atoms with E-state index in [1.54, 1.807) is 6.07 Å². The van der Waals surface area contributed by atoms with Crippen molar-refractivity contribution in [3.8, 4) is 0 Å². The van der Waals surface area contributed by atoms with E-state index in [-0.39, 0.29) is 17.6 Å². The van der Waals surface area contributed by atoms with Gasteiger partial charge in [-0.3, -0.25) is 14.9 Å². The number of carbonyl (C=O) groups excluding carboxylic acids is 1. The van der Waals surface area contributed by atoms with Crippen LogP contribution >= 0.6 is 22.6 Å². The van der Waals surface area contributed by atoms with E-state index < -0.39 is 4.92 Å². The second-order valence-electron chi connectivity index (χ2n) is 4.82. The third kappa shape index (κ3) is 3.23. The SMILES string of the molecule is CC1C(=O)CCCC1Nc1ccc([N+](=O)[O-])cc1I. The Labute approximate surface area is 125 Å². The van der Waals surface area contributed by atoms with Crippen molar-refractivity contribution in [2.45, 2.75) is 32.2 Å². The Morgan fingerprint density at radius 1 is 1.47 bits per heavy atom. The summed E-state index contributed by atoms with van der Waals surface area (Å²) in [4.78, 5) is 22.0. The van der Waals surface area contributed by atoms with E-state index in [0.717, 1.165) is 22.1 Å². The highest BCUT2D eigenvalue weighted by Gasteiger charge is 2.28. The molecule has 1 N–H and O–H groups in total. The molecule has 2 atom stereocenters. The Morgan fingerprint density at radius 3 is 2.84 bits per heavy atom. The van der Waals surface area contributed by atoms with Crippen molar-refractivity contribution >= 4 is 39.7 Å².